The number of methoxy groups -OCH3 is 1. The van der Waals surface area contributed by atoms with Crippen molar-refractivity contribution in [2.45, 2.75) is 0 Å². The summed E-state index contributed by atoms with van der Waals surface area (Å²) in [5, 5.41) is 10.2. The Kier molecular flexibility index (Phi) is 4.83. The molecule has 0 radical (unpaired) electrons. The third-order valence-electron chi connectivity index (χ3n) is 4.12. The molecule has 1 heterocycles. The van der Waals surface area contributed by atoms with Gasteiger partial charge in [-0.3, -0.25) is 4.99 Å². The molecule has 5 nitrogen and oxygen atoms in total. The van der Waals surface area contributed by atoms with Crippen molar-refractivity contribution in [3.05, 3.63) is 70.5 Å². The lowest BCUT2D eigenvalue weighted by Gasteiger charge is -2.06. The van der Waals surface area contributed by atoms with E-state index in [-0.39, 0.29) is 11.6 Å². The number of ether oxygens (including phenoxy) is 1. The summed E-state index contributed by atoms with van der Waals surface area (Å²) in [7, 11) is 1.48. The molecule has 0 unspecified atom stereocenters. The minimum atomic E-state index is -0.397. The van der Waals surface area contributed by atoms with Gasteiger partial charge in [0.05, 0.1) is 18.4 Å². The summed E-state index contributed by atoms with van der Waals surface area (Å²) in [6.07, 6.45) is 1.53. The first-order valence-corrected chi connectivity index (χ1v) is 9.10. The van der Waals surface area contributed by atoms with Gasteiger partial charge in [-0.2, -0.15) is 0 Å². The molecule has 4 aromatic rings. The molecular weight excluding hydrogens is 427 g/mol. The highest BCUT2D eigenvalue weighted by Gasteiger charge is 2.12. The van der Waals surface area contributed by atoms with Crippen LogP contribution in [0.25, 0.3) is 22.6 Å². The van der Waals surface area contributed by atoms with Gasteiger partial charge in [0, 0.05) is 16.3 Å². The van der Waals surface area contributed by atoms with Crippen molar-refractivity contribution < 1.29 is 18.7 Å². The molecule has 4 rings (SSSR count). The molecule has 0 spiro atoms. The fraction of sp³-hybridized carbons (Fsp3) is 0.0476. The number of halogens is 2. The fourth-order valence-electron chi connectivity index (χ4n) is 2.74. The molecule has 0 bridgehead atoms. The summed E-state index contributed by atoms with van der Waals surface area (Å²) >= 11 is 3.37. The van der Waals surface area contributed by atoms with Crippen molar-refractivity contribution in [1.29, 1.82) is 0 Å². The number of phenols is 1. The molecule has 0 fully saturated rings. The molecule has 0 saturated carbocycles. The average molecular weight is 441 g/mol. The van der Waals surface area contributed by atoms with Gasteiger partial charge in [0.1, 0.15) is 11.3 Å². The minimum absolute atomic E-state index is 0.00111. The van der Waals surface area contributed by atoms with Crippen molar-refractivity contribution in [1.82, 2.24) is 4.98 Å². The van der Waals surface area contributed by atoms with Crippen LogP contribution in [0, 0.1) is 5.82 Å². The van der Waals surface area contributed by atoms with Crippen LogP contribution >= 0.6 is 15.9 Å². The summed E-state index contributed by atoms with van der Waals surface area (Å²) in [5.41, 5.74) is 2.50. The van der Waals surface area contributed by atoms with Gasteiger partial charge < -0.3 is 14.3 Å². The predicted molar refractivity (Wildman–Crippen MR) is 109 cm³/mol. The number of benzene rings is 3. The van der Waals surface area contributed by atoms with Crippen LogP contribution in [0.4, 0.5) is 10.1 Å². The van der Waals surface area contributed by atoms with Crippen LogP contribution in [-0.4, -0.2) is 23.4 Å². The van der Waals surface area contributed by atoms with Crippen LogP contribution in [0.2, 0.25) is 0 Å². The summed E-state index contributed by atoms with van der Waals surface area (Å²) in [5.74, 6) is 0.158. The topological polar surface area (TPSA) is 67.9 Å². The highest BCUT2D eigenvalue weighted by atomic mass is 79.9. The van der Waals surface area contributed by atoms with Crippen molar-refractivity contribution in [3.8, 4) is 23.0 Å². The number of hydrogen-bond donors (Lipinski definition) is 1. The second-order valence-electron chi connectivity index (χ2n) is 5.95. The number of rotatable bonds is 4. The van der Waals surface area contributed by atoms with Crippen LogP contribution in [-0.2, 0) is 0 Å². The molecule has 1 aromatic heterocycles. The number of fused-ring (bicyclic) bond motifs is 1. The molecule has 0 atom stereocenters. The second-order valence-corrected chi connectivity index (χ2v) is 6.87. The van der Waals surface area contributed by atoms with E-state index in [2.05, 4.69) is 25.9 Å². The number of aliphatic imine (C=N–C) groups is 1. The molecule has 1 N–H and O–H groups in total. The van der Waals surface area contributed by atoms with E-state index < -0.39 is 5.82 Å². The minimum Gasteiger partial charge on any atom is -0.504 e. The number of aromatic nitrogens is 1. The summed E-state index contributed by atoms with van der Waals surface area (Å²) in [4.78, 5) is 8.75. The average Bonchev–Trinajstić information content (AvgIpc) is 3.11. The normalized spacial score (nSPS) is 11.4. The second kappa shape index (κ2) is 7.44. The van der Waals surface area contributed by atoms with E-state index in [0.29, 0.717) is 33.7 Å². The highest BCUT2D eigenvalue weighted by Crippen LogP contribution is 2.33. The molecule has 0 aliphatic rings. The van der Waals surface area contributed by atoms with E-state index >= 15 is 0 Å². The number of hydrogen-bond acceptors (Lipinski definition) is 5. The van der Waals surface area contributed by atoms with E-state index in [1.54, 1.807) is 48.5 Å². The molecule has 140 valence electrons. The quantitative estimate of drug-likeness (QED) is 0.403. The number of phenolic OH excluding ortho intramolecular Hbond substituents is 1. The maximum Gasteiger partial charge on any atom is 0.230 e. The van der Waals surface area contributed by atoms with E-state index in [0.717, 1.165) is 4.47 Å². The molecule has 7 heteroatoms. The zero-order chi connectivity index (χ0) is 19.7. The third kappa shape index (κ3) is 3.48. The Morgan fingerprint density at radius 3 is 2.79 bits per heavy atom. The number of nitrogens with zero attached hydrogens (tertiary/aromatic N) is 2. The maximum absolute atomic E-state index is 14.0. The zero-order valence-corrected chi connectivity index (χ0v) is 16.3. The van der Waals surface area contributed by atoms with E-state index in [4.69, 9.17) is 9.15 Å². The number of aromatic hydroxyl groups is 1. The van der Waals surface area contributed by atoms with E-state index in [1.165, 1.54) is 19.4 Å². The lowest BCUT2D eigenvalue weighted by Crippen LogP contribution is -1.89. The Hall–Kier alpha value is -3.19. The third-order valence-corrected chi connectivity index (χ3v) is 4.58. The molecule has 28 heavy (non-hydrogen) atoms. The van der Waals surface area contributed by atoms with Gasteiger partial charge in [-0.1, -0.05) is 28.1 Å². The first-order chi connectivity index (χ1) is 13.5. The number of oxazole rings is 1. The van der Waals surface area contributed by atoms with Crippen LogP contribution in [0.15, 0.2) is 68.5 Å². The SMILES string of the molecule is COc1cc(Br)cc(C=Nc2ccc3oc(-c4ccccc4F)nc3c2)c1O. The van der Waals surface area contributed by atoms with Crippen molar-refractivity contribution in [3.63, 3.8) is 0 Å². The summed E-state index contributed by atoms with van der Waals surface area (Å²) in [6, 6.07) is 14.9. The first-order valence-electron chi connectivity index (χ1n) is 8.31. The summed E-state index contributed by atoms with van der Waals surface area (Å²) < 4.78 is 25.5. The van der Waals surface area contributed by atoms with Crippen LogP contribution < -0.4 is 4.74 Å². The smallest absolute Gasteiger partial charge is 0.230 e. The van der Waals surface area contributed by atoms with Gasteiger partial charge >= 0.3 is 0 Å². The van der Waals surface area contributed by atoms with Gasteiger partial charge in [0.15, 0.2) is 17.1 Å². The standard InChI is InChI=1S/C21H14BrFN2O3/c1-27-19-9-13(22)8-12(20(19)26)11-24-14-6-7-18-17(10-14)25-21(28-18)15-4-2-3-5-16(15)23/h2-11,26H,1H3. The lowest BCUT2D eigenvalue weighted by molar-refractivity contribution is 0.373. The van der Waals surface area contributed by atoms with Gasteiger partial charge in [0.2, 0.25) is 5.89 Å². The first kappa shape index (κ1) is 18.2. The maximum atomic E-state index is 14.0. The van der Waals surface area contributed by atoms with Crippen molar-refractivity contribution >= 4 is 38.9 Å². The fourth-order valence-corrected chi connectivity index (χ4v) is 3.19. The van der Waals surface area contributed by atoms with E-state index in [1.807, 2.05) is 0 Å². The van der Waals surface area contributed by atoms with Gasteiger partial charge in [0.25, 0.3) is 0 Å². The van der Waals surface area contributed by atoms with Gasteiger partial charge in [-0.25, -0.2) is 9.37 Å². The Morgan fingerprint density at radius 1 is 1.18 bits per heavy atom. The zero-order valence-electron chi connectivity index (χ0n) is 14.7. The molecule has 0 aliphatic heterocycles. The Labute approximate surface area is 168 Å². The van der Waals surface area contributed by atoms with Gasteiger partial charge in [-0.15, -0.1) is 0 Å². The van der Waals surface area contributed by atoms with Crippen LogP contribution in [0.1, 0.15) is 5.56 Å². The molecule has 0 amide bonds. The monoisotopic (exact) mass is 440 g/mol. The van der Waals surface area contributed by atoms with Gasteiger partial charge in [-0.05, 0) is 42.5 Å². The van der Waals surface area contributed by atoms with Crippen LogP contribution in [0.5, 0.6) is 11.5 Å². The van der Waals surface area contributed by atoms with E-state index in [9.17, 15) is 9.50 Å². The predicted octanol–water partition coefficient (Wildman–Crippen LogP) is 5.86. The lowest BCUT2D eigenvalue weighted by atomic mass is 10.2. The van der Waals surface area contributed by atoms with Crippen molar-refractivity contribution in [2.24, 2.45) is 4.99 Å². The highest BCUT2D eigenvalue weighted by molar-refractivity contribution is 9.10. The molecule has 3 aromatic carbocycles. The molecule has 0 saturated heterocycles. The Balaban J connectivity index is 1.68. The van der Waals surface area contributed by atoms with Crippen LogP contribution in [0.3, 0.4) is 0 Å². The van der Waals surface area contributed by atoms with Crippen molar-refractivity contribution in [2.75, 3.05) is 7.11 Å². The Morgan fingerprint density at radius 2 is 2.00 bits per heavy atom. The largest absolute Gasteiger partial charge is 0.504 e. The molecule has 0 aliphatic carbocycles. The summed E-state index contributed by atoms with van der Waals surface area (Å²) in [6.45, 7) is 0. The Bertz CT molecular complexity index is 1200. The molecular formula is C21H14BrFN2O3.